The monoisotopic (exact) mass is 209 g/mol. The number of nitrogens with two attached hydrogens (primary N) is 1. The number of aryl methyl sites for hydroxylation is 1. The van der Waals surface area contributed by atoms with Gasteiger partial charge in [-0.2, -0.15) is 0 Å². The Hall–Kier alpha value is -1.38. The summed E-state index contributed by atoms with van der Waals surface area (Å²) in [7, 11) is 1.61. The maximum atomic E-state index is 5.77. The number of fused-ring (bicyclic) bond motifs is 1. The smallest absolute Gasteiger partial charge is 0.145 e. The molecule has 1 aliphatic rings. The van der Waals surface area contributed by atoms with Gasteiger partial charge in [-0.25, -0.2) is 0 Å². The van der Waals surface area contributed by atoms with E-state index in [4.69, 9.17) is 15.2 Å². The molecule has 1 aromatic carbocycles. The molecule has 0 radical (unpaired) electrons. The van der Waals surface area contributed by atoms with Crippen molar-refractivity contribution in [2.24, 2.45) is 0 Å². The van der Waals surface area contributed by atoms with E-state index in [0.717, 1.165) is 25.2 Å². The van der Waals surface area contributed by atoms with Crippen LogP contribution in [0.5, 0.6) is 11.5 Å². The number of benzene rings is 1. The zero-order valence-electron chi connectivity index (χ0n) is 9.67. The molecule has 0 saturated carbocycles. The van der Waals surface area contributed by atoms with Gasteiger partial charge < -0.3 is 15.2 Å². The van der Waals surface area contributed by atoms with Crippen LogP contribution in [-0.4, -0.2) is 13.7 Å². The molecule has 0 aliphatic carbocycles. The predicted octanol–water partition coefficient (Wildman–Crippen LogP) is 2.63. The Morgan fingerprint density at radius 2 is 2.07 bits per heavy atom. The highest BCUT2D eigenvalue weighted by atomic mass is 16.5. The molecular weight excluding hydrogens is 190 g/mol. The first kappa shape index (κ1) is 11.7. The van der Waals surface area contributed by atoms with Gasteiger partial charge in [0.2, 0.25) is 0 Å². The molecule has 0 saturated heterocycles. The van der Waals surface area contributed by atoms with Crippen LogP contribution in [0.1, 0.15) is 25.8 Å². The molecule has 84 valence electrons. The molecule has 0 spiro atoms. The van der Waals surface area contributed by atoms with E-state index in [-0.39, 0.29) is 0 Å². The van der Waals surface area contributed by atoms with Crippen LogP contribution in [0.15, 0.2) is 12.1 Å². The molecule has 1 aromatic rings. The number of ether oxygens (including phenoxy) is 2. The SMILES string of the molecule is CC.COc1cc2c(cc1N)CCCO2. The maximum Gasteiger partial charge on any atom is 0.145 e. The molecule has 0 bridgehead atoms. The lowest BCUT2D eigenvalue weighted by atomic mass is 10.1. The fraction of sp³-hybridized carbons (Fsp3) is 0.500. The lowest BCUT2D eigenvalue weighted by Crippen LogP contribution is -2.09. The van der Waals surface area contributed by atoms with Crippen LogP contribution in [0.3, 0.4) is 0 Å². The van der Waals surface area contributed by atoms with E-state index in [0.29, 0.717) is 11.4 Å². The molecule has 2 rings (SSSR count). The normalized spacial score (nSPS) is 13.0. The third-order valence-corrected chi connectivity index (χ3v) is 2.26. The molecule has 0 amide bonds. The van der Waals surface area contributed by atoms with Gasteiger partial charge in [0.15, 0.2) is 0 Å². The molecule has 1 aliphatic heterocycles. The molecule has 3 nitrogen and oxygen atoms in total. The standard InChI is InChI=1S/C10H13NO2.C2H6/c1-12-10-6-9-7(5-8(10)11)3-2-4-13-9;1-2/h5-6H,2-4,11H2,1H3;1-2H3. The minimum Gasteiger partial charge on any atom is -0.494 e. The van der Waals surface area contributed by atoms with Gasteiger partial charge in [0.1, 0.15) is 11.5 Å². The summed E-state index contributed by atoms with van der Waals surface area (Å²) < 4.78 is 10.6. The summed E-state index contributed by atoms with van der Waals surface area (Å²) >= 11 is 0. The van der Waals surface area contributed by atoms with Gasteiger partial charge in [0, 0.05) is 6.07 Å². The van der Waals surface area contributed by atoms with Gasteiger partial charge in [-0.15, -0.1) is 0 Å². The first-order chi connectivity index (χ1) is 7.31. The molecule has 0 unspecified atom stereocenters. The van der Waals surface area contributed by atoms with Crippen molar-refractivity contribution in [1.82, 2.24) is 0 Å². The summed E-state index contributed by atoms with van der Waals surface area (Å²) in [4.78, 5) is 0. The van der Waals surface area contributed by atoms with Crippen LogP contribution in [-0.2, 0) is 6.42 Å². The highest BCUT2D eigenvalue weighted by Gasteiger charge is 2.13. The topological polar surface area (TPSA) is 44.5 Å². The average Bonchev–Trinajstić information content (AvgIpc) is 2.31. The molecule has 0 fully saturated rings. The van der Waals surface area contributed by atoms with Crippen LogP contribution >= 0.6 is 0 Å². The van der Waals surface area contributed by atoms with Gasteiger partial charge in [-0.05, 0) is 24.5 Å². The molecule has 2 N–H and O–H groups in total. The fourth-order valence-corrected chi connectivity index (χ4v) is 1.58. The van der Waals surface area contributed by atoms with E-state index in [2.05, 4.69) is 0 Å². The van der Waals surface area contributed by atoms with E-state index in [1.54, 1.807) is 7.11 Å². The summed E-state index contributed by atoms with van der Waals surface area (Å²) in [6.07, 6.45) is 2.11. The number of hydrogen-bond acceptors (Lipinski definition) is 3. The molecular formula is C12H19NO2. The minimum atomic E-state index is 0.687. The van der Waals surface area contributed by atoms with Crippen molar-refractivity contribution in [1.29, 1.82) is 0 Å². The Balaban J connectivity index is 0.000000531. The fourth-order valence-electron chi connectivity index (χ4n) is 1.58. The second kappa shape index (κ2) is 5.49. The van der Waals surface area contributed by atoms with Crippen molar-refractivity contribution in [3.63, 3.8) is 0 Å². The summed E-state index contributed by atoms with van der Waals surface area (Å²) in [5.41, 5.74) is 7.65. The quantitative estimate of drug-likeness (QED) is 0.723. The van der Waals surface area contributed by atoms with Gasteiger partial charge >= 0.3 is 0 Å². The Kier molecular flexibility index (Phi) is 4.28. The largest absolute Gasteiger partial charge is 0.494 e. The average molecular weight is 209 g/mol. The van der Waals surface area contributed by atoms with Crippen molar-refractivity contribution in [3.8, 4) is 11.5 Å². The van der Waals surface area contributed by atoms with Crippen LogP contribution in [0.2, 0.25) is 0 Å². The van der Waals surface area contributed by atoms with E-state index in [9.17, 15) is 0 Å². The third kappa shape index (κ3) is 2.55. The van der Waals surface area contributed by atoms with E-state index in [1.165, 1.54) is 5.56 Å². The highest BCUT2D eigenvalue weighted by molar-refractivity contribution is 5.59. The van der Waals surface area contributed by atoms with Crippen molar-refractivity contribution in [2.45, 2.75) is 26.7 Å². The summed E-state index contributed by atoms with van der Waals surface area (Å²) in [5.74, 6) is 1.61. The van der Waals surface area contributed by atoms with Gasteiger partial charge in [0.25, 0.3) is 0 Å². The Bertz CT molecular complexity index is 324. The molecule has 0 atom stereocenters. The van der Waals surface area contributed by atoms with Crippen molar-refractivity contribution < 1.29 is 9.47 Å². The Morgan fingerprint density at radius 1 is 1.33 bits per heavy atom. The number of anilines is 1. The van der Waals surface area contributed by atoms with Crippen LogP contribution in [0.25, 0.3) is 0 Å². The minimum absolute atomic E-state index is 0.687. The first-order valence-electron chi connectivity index (χ1n) is 5.40. The van der Waals surface area contributed by atoms with Crippen molar-refractivity contribution in [2.75, 3.05) is 19.5 Å². The van der Waals surface area contributed by atoms with Gasteiger partial charge in [-0.3, -0.25) is 0 Å². The summed E-state index contributed by atoms with van der Waals surface area (Å²) in [5, 5.41) is 0. The molecule has 15 heavy (non-hydrogen) atoms. The second-order valence-corrected chi connectivity index (χ2v) is 3.15. The van der Waals surface area contributed by atoms with Crippen LogP contribution in [0, 0.1) is 0 Å². The first-order valence-corrected chi connectivity index (χ1v) is 5.40. The van der Waals surface area contributed by atoms with Crippen LogP contribution < -0.4 is 15.2 Å². The zero-order chi connectivity index (χ0) is 11.3. The number of hydrogen-bond donors (Lipinski definition) is 1. The van der Waals surface area contributed by atoms with Gasteiger partial charge in [-0.1, -0.05) is 13.8 Å². The second-order valence-electron chi connectivity index (χ2n) is 3.15. The lowest BCUT2D eigenvalue weighted by Gasteiger charge is -2.18. The Morgan fingerprint density at radius 3 is 2.73 bits per heavy atom. The zero-order valence-corrected chi connectivity index (χ0v) is 9.67. The molecule has 0 aromatic heterocycles. The highest BCUT2D eigenvalue weighted by Crippen LogP contribution is 2.33. The Labute approximate surface area is 91.2 Å². The third-order valence-electron chi connectivity index (χ3n) is 2.26. The molecule has 1 heterocycles. The van der Waals surface area contributed by atoms with Crippen LogP contribution in [0.4, 0.5) is 5.69 Å². The lowest BCUT2D eigenvalue weighted by molar-refractivity contribution is 0.286. The number of methoxy groups -OCH3 is 1. The number of nitrogen functional groups attached to an aromatic ring is 1. The predicted molar refractivity (Wildman–Crippen MR) is 62.6 cm³/mol. The maximum absolute atomic E-state index is 5.77. The van der Waals surface area contributed by atoms with E-state index < -0.39 is 0 Å². The van der Waals surface area contributed by atoms with Crippen molar-refractivity contribution >= 4 is 5.69 Å². The number of rotatable bonds is 1. The van der Waals surface area contributed by atoms with Crippen molar-refractivity contribution in [3.05, 3.63) is 17.7 Å². The summed E-state index contributed by atoms with van der Waals surface area (Å²) in [6, 6.07) is 3.80. The van der Waals surface area contributed by atoms with E-state index in [1.807, 2.05) is 26.0 Å². The van der Waals surface area contributed by atoms with Gasteiger partial charge in [0.05, 0.1) is 19.4 Å². The molecule has 3 heteroatoms. The van der Waals surface area contributed by atoms with E-state index >= 15 is 0 Å². The summed E-state index contributed by atoms with van der Waals surface area (Å²) in [6.45, 7) is 4.79.